The number of hydrogen-bond acceptors (Lipinski definition) is 2. The van der Waals surface area contributed by atoms with Crippen molar-refractivity contribution >= 4 is 11.5 Å². The van der Waals surface area contributed by atoms with E-state index in [1.165, 1.54) is 31.2 Å². The molecule has 0 aliphatic heterocycles. The molecule has 0 fully saturated rings. The molecule has 0 unspecified atom stereocenters. The van der Waals surface area contributed by atoms with Crippen molar-refractivity contribution in [3.8, 4) is 0 Å². The first-order chi connectivity index (χ1) is 13.0. The Balaban J connectivity index is 2.24. The lowest BCUT2D eigenvalue weighted by Crippen LogP contribution is -2.14. The fraction of sp³-hybridized carbons (Fsp3) is 0.0870. The van der Waals surface area contributed by atoms with Crippen LogP contribution in [-0.4, -0.2) is 10.9 Å². The van der Waals surface area contributed by atoms with Crippen LogP contribution in [0.3, 0.4) is 0 Å². The Kier molecular flexibility index (Phi) is 5.46. The Labute approximate surface area is 156 Å². The minimum atomic E-state index is -0.663. The molecule has 0 amide bonds. The Bertz CT molecular complexity index is 914. The molecule has 1 N–H and O–H groups in total. The minimum absolute atomic E-state index is 0.151. The molecule has 0 saturated carbocycles. The first-order valence-electron chi connectivity index (χ1n) is 8.48. The first-order valence-corrected chi connectivity index (χ1v) is 8.48. The molecule has 2 nitrogen and oxygen atoms in total. The van der Waals surface area contributed by atoms with E-state index >= 15 is 0 Å². The number of hydrogen-bond donors (Lipinski definition) is 1. The van der Waals surface area contributed by atoms with Crippen molar-refractivity contribution in [3.05, 3.63) is 113 Å². The zero-order valence-corrected chi connectivity index (χ0v) is 14.7. The largest absolute Gasteiger partial charge is 0.507 e. The molecule has 0 aliphatic rings. The molecule has 0 radical (unpaired) electrons. The average Bonchev–Trinajstić information content (AvgIpc) is 2.68. The van der Waals surface area contributed by atoms with Crippen molar-refractivity contribution in [3.63, 3.8) is 0 Å². The summed E-state index contributed by atoms with van der Waals surface area (Å²) < 4.78 is 26.8. The van der Waals surface area contributed by atoms with Gasteiger partial charge in [-0.15, -0.1) is 0 Å². The summed E-state index contributed by atoms with van der Waals surface area (Å²) in [7, 11) is 0. The highest BCUT2D eigenvalue weighted by atomic mass is 19.1. The van der Waals surface area contributed by atoms with Crippen molar-refractivity contribution in [2.45, 2.75) is 12.8 Å². The monoisotopic (exact) mass is 364 g/mol. The topological polar surface area (TPSA) is 37.3 Å². The van der Waals surface area contributed by atoms with Gasteiger partial charge in [-0.2, -0.15) is 0 Å². The number of aliphatic hydroxyl groups is 1. The summed E-state index contributed by atoms with van der Waals surface area (Å²) in [6, 6.07) is 20.1. The van der Waals surface area contributed by atoms with E-state index in [0.717, 1.165) is 0 Å². The van der Waals surface area contributed by atoms with Crippen LogP contribution >= 0.6 is 0 Å². The Morgan fingerprint density at radius 2 is 1.22 bits per heavy atom. The van der Waals surface area contributed by atoms with Crippen LogP contribution < -0.4 is 0 Å². The van der Waals surface area contributed by atoms with Crippen LogP contribution in [0.5, 0.6) is 0 Å². The van der Waals surface area contributed by atoms with E-state index < -0.39 is 17.6 Å². The smallest absolute Gasteiger partial charge is 0.160 e. The van der Waals surface area contributed by atoms with Crippen LogP contribution in [0.25, 0.3) is 5.76 Å². The van der Waals surface area contributed by atoms with Gasteiger partial charge in [0, 0.05) is 17.1 Å². The molecular formula is C23H18F2O2. The van der Waals surface area contributed by atoms with Gasteiger partial charge in [0.1, 0.15) is 17.4 Å². The van der Waals surface area contributed by atoms with Gasteiger partial charge in [-0.05, 0) is 42.3 Å². The van der Waals surface area contributed by atoms with Gasteiger partial charge in [0.25, 0.3) is 0 Å². The number of carbonyl (C=O) groups excluding carboxylic acids is 1. The highest BCUT2D eigenvalue weighted by molar-refractivity contribution is 6.01. The lowest BCUT2D eigenvalue weighted by molar-refractivity contribution is -0.113. The predicted molar refractivity (Wildman–Crippen MR) is 101 cm³/mol. The average molecular weight is 364 g/mol. The van der Waals surface area contributed by atoms with Gasteiger partial charge < -0.3 is 5.11 Å². The molecular weight excluding hydrogens is 346 g/mol. The number of carbonyl (C=O) groups is 1. The van der Waals surface area contributed by atoms with E-state index in [9.17, 15) is 18.7 Å². The summed E-state index contributed by atoms with van der Waals surface area (Å²) in [5.74, 6) is -1.95. The van der Waals surface area contributed by atoms with Crippen molar-refractivity contribution < 1.29 is 18.7 Å². The molecule has 0 heterocycles. The normalized spacial score (nSPS) is 12.0. The fourth-order valence-corrected chi connectivity index (χ4v) is 3.09. The van der Waals surface area contributed by atoms with Crippen LogP contribution in [-0.2, 0) is 4.79 Å². The number of rotatable bonds is 5. The van der Waals surface area contributed by atoms with E-state index in [1.54, 1.807) is 48.5 Å². The van der Waals surface area contributed by atoms with E-state index in [-0.39, 0.29) is 17.1 Å². The molecule has 0 spiro atoms. The minimum Gasteiger partial charge on any atom is -0.507 e. The number of aliphatic hydroxyl groups excluding tert-OH is 1. The van der Waals surface area contributed by atoms with Crippen molar-refractivity contribution in [2.75, 3.05) is 0 Å². The van der Waals surface area contributed by atoms with Crippen molar-refractivity contribution in [2.24, 2.45) is 0 Å². The second-order valence-electron chi connectivity index (χ2n) is 6.22. The SMILES string of the molecule is CC(=O)C(=C(O)c1ccccc1)C(c1ccc(F)cc1)c1ccc(F)cc1. The van der Waals surface area contributed by atoms with Crippen LogP contribution in [0.2, 0.25) is 0 Å². The van der Waals surface area contributed by atoms with Gasteiger partial charge in [-0.25, -0.2) is 8.78 Å². The molecule has 3 aromatic rings. The third-order valence-corrected chi connectivity index (χ3v) is 4.38. The second-order valence-corrected chi connectivity index (χ2v) is 6.22. The van der Waals surface area contributed by atoms with Crippen LogP contribution in [0.4, 0.5) is 8.78 Å². The van der Waals surface area contributed by atoms with Gasteiger partial charge in [0.05, 0.1) is 0 Å². The number of ketones is 1. The third kappa shape index (κ3) is 4.11. The molecule has 3 rings (SSSR count). The van der Waals surface area contributed by atoms with E-state index in [2.05, 4.69) is 0 Å². The summed E-state index contributed by atoms with van der Waals surface area (Å²) in [6.45, 7) is 1.37. The number of halogens is 2. The molecule has 27 heavy (non-hydrogen) atoms. The lowest BCUT2D eigenvalue weighted by atomic mass is 9.81. The van der Waals surface area contributed by atoms with Gasteiger partial charge in [-0.1, -0.05) is 54.6 Å². The summed E-state index contributed by atoms with van der Waals surface area (Å²) in [5.41, 5.74) is 1.91. The van der Waals surface area contributed by atoms with E-state index in [0.29, 0.717) is 16.7 Å². The van der Waals surface area contributed by atoms with Gasteiger partial charge in [0.15, 0.2) is 5.78 Å². The van der Waals surface area contributed by atoms with Crippen LogP contribution in [0.1, 0.15) is 29.5 Å². The molecule has 0 aromatic heterocycles. The zero-order chi connectivity index (χ0) is 19.4. The van der Waals surface area contributed by atoms with Crippen molar-refractivity contribution in [1.29, 1.82) is 0 Å². The fourth-order valence-electron chi connectivity index (χ4n) is 3.09. The van der Waals surface area contributed by atoms with Crippen LogP contribution in [0.15, 0.2) is 84.4 Å². The molecule has 4 heteroatoms. The Hall–Kier alpha value is -3.27. The maximum absolute atomic E-state index is 13.4. The maximum Gasteiger partial charge on any atom is 0.160 e. The standard InChI is InChI=1S/C23H18F2O2/c1-15(26)21(23(27)18-5-3-2-4-6-18)22(16-7-11-19(24)12-8-16)17-9-13-20(25)14-10-17/h2-14,22,27H,1H3. The molecule has 0 atom stereocenters. The lowest BCUT2D eigenvalue weighted by Gasteiger charge is -2.22. The molecule has 0 aliphatic carbocycles. The van der Waals surface area contributed by atoms with Crippen LogP contribution in [0, 0.1) is 11.6 Å². The summed E-state index contributed by atoms with van der Waals surface area (Å²) >= 11 is 0. The highest BCUT2D eigenvalue weighted by Crippen LogP contribution is 2.36. The Morgan fingerprint density at radius 1 is 0.778 bits per heavy atom. The number of benzene rings is 3. The highest BCUT2D eigenvalue weighted by Gasteiger charge is 2.26. The molecule has 0 saturated heterocycles. The summed E-state index contributed by atoms with van der Waals surface area (Å²) in [5, 5.41) is 10.9. The predicted octanol–water partition coefficient (Wildman–Crippen LogP) is 5.66. The van der Waals surface area contributed by atoms with Gasteiger partial charge in [-0.3, -0.25) is 4.79 Å². The third-order valence-electron chi connectivity index (χ3n) is 4.38. The summed E-state index contributed by atoms with van der Waals surface area (Å²) in [4.78, 5) is 12.5. The quantitative estimate of drug-likeness (QED) is 0.469. The van der Waals surface area contributed by atoms with E-state index in [4.69, 9.17) is 0 Å². The summed E-state index contributed by atoms with van der Waals surface area (Å²) in [6.07, 6.45) is 0. The van der Waals surface area contributed by atoms with Gasteiger partial charge in [0.2, 0.25) is 0 Å². The van der Waals surface area contributed by atoms with E-state index in [1.807, 2.05) is 6.07 Å². The second kappa shape index (κ2) is 7.96. The van der Waals surface area contributed by atoms with Crippen molar-refractivity contribution in [1.82, 2.24) is 0 Å². The molecule has 136 valence electrons. The van der Waals surface area contributed by atoms with Gasteiger partial charge >= 0.3 is 0 Å². The zero-order valence-electron chi connectivity index (χ0n) is 14.7. The number of Topliss-reactive ketones (excluding diaryl/α,β-unsaturated/α-hetero) is 1. The molecule has 0 bridgehead atoms. The number of allylic oxidation sites excluding steroid dienone is 1. The first kappa shape index (κ1) is 18.5. The maximum atomic E-state index is 13.4. The Morgan fingerprint density at radius 3 is 1.63 bits per heavy atom. The molecule has 3 aromatic carbocycles.